The molecule has 0 bridgehead atoms. The summed E-state index contributed by atoms with van der Waals surface area (Å²) in [5.41, 5.74) is 0.510. The average molecular weight is 225 g/mol. The van der Waals surface area contributed by atoms with Crippen LogP contribution in [0.4, 0.5) is 0 Å². The number of hydrogen-bond acceptors (Lipinski definition) is 3. The van der Waals surface area contributed by atoms with E-state index in [0.29, 0.717) is 5.41 Å². The van der Waals surface area contributed by atoms with E-state index >= 15 is 0 Å². The van der Waals surface area contributed by atoms with Crippen molar-refractivity contribution in [2.24, 2.45) is 10.4 Å². The Morgan fingerprint density at radius 3 is 2.56 bits per heavy atom. The Balaban J connectivity index is 2.41. The molecule has 1 rings (SSSR count). The van der Waals surface area contributed by atoms with Crippen LogP contribution in [0.25, 0.3) is 0 Å². The predicted molar refractivity (Wildman–Crippen MR) is 71.1 cm³/mol. The molecule has 0 atom stereocenters. The van der Waals surface area contributed by atoms with Gasteiger partial charge >= 0.3 is 0 Å². The van der Waals surface area contributed by atoms with E-state index in [1.54, 1.807) is 0 Å². The first-order valence-electron chi connectivity index (χ1n) is 6.68. The van der Waals surface area contributed by atoms with Crippen molar-refractivity contribution in [3.05, 3.63) is 0 Å². The molecular formula is C13H27N3. The van der Waals surface area contributed by atoms with Gasteiger partial charge in [-0.3, -0.25) is 4.99 Å². The Morgan fingerprint density at radius 2 is 2.06 bits per heavy atom. The summed E-state index contributed by atoms with van der Waals surface area (Å²) in [5.74, 6) is 1.23. The summed E-state index contributed by atoms with van der Waals surface area (Å²) in [7, 11) is 2.04. The molecular weight excluding hydrogens is 198 g/mol. The largest absolute Gasteiger partial charge is 0.372 e. The van der Waals surface area contributed by atoms with Crippen LogP contribution in [0.2, 0.25) is 0 Å². The summed E-state index contributed by atoms with van der Waals surface area (Å²) >= 11 is 0. The van der Waals surface area contributed by atoms with Crippen molar-refractivity contribution in [1.82, 2.24) is 10.6 Å². The van der Waals surface area contributed by atoms with Crippen LogP contribution >= 0.6 is 0 Å². The summed E-state index contributed by atoms with van der Waals surface area (Å²) < 4.78 is 0. The van der Waals surface area contributed by atoms with E-state index in [2.05, 4.69) is 29.5 Å². The highest BCUT2D eigenvalue weighted by molar-refractivity contribution is 5.83. The van der Waals surface area contributed by atoms with Gasteiger partial charge in [0, 0.05) is 13.0 Å². The van der Waals surface area contributed by atoms with Gasteiger partial charge in [0.05, 0.1) is 12.4 Å². The molecule has 0 aromatic heterocycles. The van der Waals surface area contributed by atoms with Gasteiger partial charge < -0.3 is 10.6 Å². The average Bonchev–Trinajstić information content (AvgIpc) is 2.83. The summed E-state index contributed by atoms with van der Waals surface area (Å²) in [5, 5.41) is 6.64. The van der Waals surface area contributed by atoms with Crippen LogP contribution in [0.3, 0.4) is 0 Å². The molecule has 1 aliphatic heterocycles. The van der Waals surface area contributed by atoms with Crippen LogP contribution in [-0.4, -0.2) is 32.5 Å². The second kappa shape index (κ2) is 6.89. The van der Waals surface area contributed by atoms with Gasteiger partial charge in [0.25, 0.3) is 0 Å². The van der Waals surface area contributed by atoms with Gasteiger partial charge in [-0.15, -0.1) is 0 Å². The van der Waals surface area contributed by atoms with Crippen molar-refractivity contribution in [2.45, 2.75) is 46.0 Å². The molecule has 94 valence electrons. The quantitative estimate of drug-likeness (QED) is 0.664. The zero-order valence-corrected chi connectivity index (χ0v) is 11.1. The van der Waals surface area contributed by atoms with Crippen LogP contribution in [0.1, 0.15) is 46.0 Å². The Kier molecular flexibility index (Phi) is 5.81. The van der Waals surface area contributed by atoms with Crippen molar-refractivity contribution in [1.29, 1.82) is 0 Å². The molecule has 0 aliphatic carbocycles. The molecule has 1 aliphatic rings. The van der Waals surface area contributed by atoms with Crippen molar-refractivity contribution in [3.8, 4) is 0 Å². The van der Waals surface area contributed by atoms with Crippen molar-refractivity contribution >= 4 is 5.84 Å². The minimum Gasteiger partial charge on any atom is -0.372 e. The Labute approximate surface area is 100 Å². The van der Waals surface area contributed by atoms with E-state index in [1.165, 1.54) is 31.5 Å². The molecule has 2 N–H and O–H groups in total. The monoisotopic (exact) mass is 225 g/mol. The molecule has 0 aromatic rings. The first kappa shape index (κ1) is 13.5. The number of nitrogens with zero attached hydrogens (tertiary/aromatic N) is 1. The molecule has 1 heterocycles. The third-order valence-corrected chi connectivity index (χ3v) is 4.04. The smallest absolute Gasteiger partial charge is 0.0964 e. The fourth-order valence-corrected chi connectivity index (χ4v) is 2.47. The molecule has 0 amide bonds. The van der Waals surface area contributed by atoms with Gasteiger partial charge in [-0.2, -0.15) is 0 Å². The number of nitrogens with one attached hydrogen (secondary N) is 2. The zero-order chi connectivity index (χ0) is 11.9. The summed E-state index contributed by atoms with van der Waals surface area (Å²) in [6, 6.07) is 0. The van der Waals surface area contributed by atoms with Gasteiger partial charge in [0.2, 0.25) is 0 Å². The highest BCUT2D eigenvalue weighted by Gasteiger charge is 2.25. The lowest BCUT2D eigenvalue weighted by Crippen LogP contribution is -2.27. The van der Waals surface area contributed by atoms with E-state index < -0.39 is 0 Å². The van der Waals surface area contributed by atoms with Crippen molar-refractivity contribution in [2.75, 3.05) is 26.7 Å². The third kappa shape index (κ3) is 3.78. The van der Waals surface area contributed by atoms with Gasteiger partial charge in [0.15, 0.2) is 0 Å². The van der Waals surface area contributed by atoms with E-state index in [-0.39, 0.29) is 0 Å². The maximum absolute atomic E-state index is 4.48. The van der Waals surface area contributed by atoms with Crippen molar-refractivity contribution < 1.29 is 0 Å². The number of rotatable bonds is 8. The molecule has 0 unspecified atom stereocenters. The van der Waals surface area contributed by atoms with Crippen molar-refractivity contribution in [3.63, 3.8) is 0 Å². The van der Waals surface area contributed by atoms with Gasteiger partial charge in [-0.05, 0) is 31.8 Å². The lowest BCUT2D eigenvalue weighted by atomic mass is 9.75. The van der Waals surface area contributed by atoms with E-state index in [0.717, 1.165) is 26.1 Å². The van der Waals surface area contributed by atoms with Crippen LogP contribution in [-0.2, 0) is 0 Å². The lowest BCUT2D eigenvalue weighted by molar-refractivity contribution is 0.221. The van der Waals surface area contributed by atoms with Crippen LogP contribution in [0.15, 0.2) is 4.99 Å². The molecule has 0 spiro atoms. The van der Waals surface area contributed by atoms with E-state index in [4.69, 9.17) is 0 Å². The minimum atomic E-state index is 0.510. The Bertz CT molecular complexity index is 219. The minimum absolute atomic E-state index is 0.510. The van der Waals surface area contributed by atoms with Gasteiger partial charge in [0.1, 0.15) is 0 Å². The topological polar surface area (TPSA) is 36.4 Å². The van der Waals surface area contributed by atoms with E-state index in [1.807, 2.05) is 7.05 Å². The predicted octanol–water partition coefficient (Wildman–Crippen LogP) is 2.18. The fourth-order valence-electron chi connectivity index (χ4n) is 2.47. The molecule has 0 saturated carbocycles. The fraction of sp³-hybridized carbons (Fsp3) is 0.923. The number of aliphatic imine (C=N–C) groups is 1. The van der Waals surface area contributed by atoms with Gasteiger partial charge in [-0.1, -0.05) is 26.7 Å². The van der Waals surface area contributed by atoms with E-state index in [9.17, 15) is 0 Å². The second-order valence-electron chi connectivity index (χ2n) is 4.82. The highest BCUT2D eigenvalue weighted by atomic mass is 15.1. The first-order valence-corrected chi connectivity index (χ1v) is 6.68. The molecule has 3 heteroatoms. The van der Waals surface area contributed by atoms with Crippen LogP contribution in [0.5, 0.6) is 0 Å². The molecule has 0 fully saturated rings. The van der Waals surface area contributed by atoms with Crippen LogP contribution in [0, 0.1) is 5.41 Å². The number of amidine groups is 1. The first-order chi connectivity index (χ1) is 7.76. The zero-order valence-electron chi connectivity index (χ0n) is 11.1. The Morgan fingerprint density at radius 1 is 1.31 bits per heavy atom. The second-order valence-corrected chi connectivity index (χ2v) is 4.82. The normalized spacial score (nSPS) is 16.1. The maximum Gasteiger partial charge on any atom is 0.0964 e. The molecule has 0 saturated heterocycles. The molecule has 0 radical (unpaired) electrons. The Hall–Kier alpha value is -0.570. The lowest BCUT2D eigenvalue weighted by Gasteiger charge is -2.32. The third-order valence-electron chi connectivity index (χ3n) is 4.04. The van der Waals surface area contributed by atoms with Gasteiger partial charge in [-0.25, -0.2) is 0 Å². The molecule has 0 aromatic carbocycles. The summed E-state index contributed by atoms with van der Waals surface area (Å²) in [6.45, 7) is 7.78. The van der Waals surface area contributed by atoms with Crippen LogP contribution < -0.4 is 10.6 Å². The highest BCUT2D eigenvalue weighted by Crippen LogP contribution is 2.35. The molecule has 16 heavy (non-hydrogen) atoms. The SMILES string of the molecule is CCC(CC)(CCNC)CCC1=NCCN1. The molecule has 3 nitrogen and oxygen atoms in total. The maximum atomic E-state index is 4.48. The number of hydrogen-bond donors (Lipinski definition) is 2. The summed E-state index contributed by atoms with van der Waals surface area (Å²) in [4.78, 5) is 4.48. The summed E-state index contributed by atoms with van der Waals surface area (Å²) in [6.07, 6.45) is 6.24. The standard InChI is InChI=1S/C13H27N3/c1-4-13(5-2,8-9-14-3)7-6-12-15-10-11-16-12/h14H,4-11H2,1-3H3,(H,15,16).